The van der Waals surface area contributed by atoms with Gasteiger partial charge in [0.15, 0.2) is 0 Å². The number of nitrogens with zero attached hydrogens (tertiary/aromatic N) is 8. The number of anilines is 2. The number of phosphoric acid groups is 1. The van der Waals surface area contributed by atoms with Gasteiger partial charge in [0, 0.05) is 68.4 Å². The second-order valence-corrected chi connectivity index (χ2v) is 18.1. The third-order valence-electron chi connectivity index (χ3n) is 12.1. The molecule has 25 heteroatoms. The fourth-order valence-corrected chi connectivity index (χ4v) is 8.96. The van der Waals surface area contributed by atoms with E-state index in [4.69, 9.17) is 23.7 Å². The summed E-state index contributed by atoms with van der Waals surface area (Å²) in [6.07, 6.45) is 2.93. The van der Waals surface area contributed by atoms with Crippen molar-refractivity contribution in [1.29, 1.82) is 0 Å². The van der Waals surface area contributed by atoms with Crippen LogP contribution in [0.5, 0.6) is 5.75 Å². The first-order valence-electron chi connectivity index (χ1n) is 22.7. The average Bonchev–Trinajstić information content (AvgIpc) is 4.08. The Labute approximate surface area is 453 Å². The van der Waals surface area contributed by atoms with E-state index in [1.807, 2.05) is 55.5 Å². The number of aromatic nitrogens is 6. The molecule has 2 aliphatic rings. The van der Waals surface area contributed by atoms with Crippen LogP contribution in [-0.2, 0) is 45.0 Å². The predicted molar refractivity (Wildman–Crippen MR) is 240 cm³/mol. The molecule has 20 nitrogen and oxygen atoms in total. The van der Waals surface area contributed by atoms with Crippen molar-refractivity contribution in [3.63, 3.8) is 0 Å². The van der Waals surface area contributed by atoms with Crippen molar-refractivity contribution in [2.75, 3.05) is 55.8 Å². The molecule has 2 fully saturated rings. The molecule has 5 atom stereocenters. The molecule has 4 heterocycles. The van der Waals surface area contributed by atoms with Crippen molar-refractivity contribution in [2.45, 2.75) is 89.9 Å². The number of phosphoric ester groups is 1. The van der Waals surface area contributed by atoms with Gasteiger partial charge in [-0.1, -0.05) is 19.4 Å². The number of unbranched alkanes of at least 4 members (excludes halogenated alkanes) is 2. The normalized spacial score (nSPS) is 18.2. The SMILES string of the molecule is CC[C@@H]([C@H](C)OC(=O)OC(C)OC(=O)CCCCCOP(=O)([O-])[O-])n1ncn(-c2ccc(N3CCN(c4ccc(OC[C@@H]5CO[C@@](Cn6cncn6)(c6ccc(F)cc6F)C5)cc4)CC3)cc2)c1=O.[Na+].[Na+]. The molecule has 71 heavy (non-hydrogen) atoms. The average molecular weight is 1030 g/mol. The van der Waals surface area contributed by atoms with Gasteiger partial charge in [-0.3, -0.25) is 4.79 Å². The number of carbonyl (C=O) groups excluding carboxylic acids is 2. The summed E-state index contributed by atoms with van der Waals surface area (Å²) in [5.41, 5.74) is 1.45. The summed E-state index contributed by atoms with van der Waals surface area (Å²) in [6, 6.07) is 18.4. The number of ether oxygens (including phenoxy) is 5. The first kappa shape index (κ1) is 57.7. The van der Waals surface area contributed by atoms with Crippen LogP contribution in [0.15, 0.2) is 90.5 Å². The Morgan fingerprint density at radius 3 is 2.15 bits per heavy atom. The summed E-state index contributed by atoms with van der Waals surface area (Å²) in [6.45, 7) is 8.47. The van der Waals surface area contributed by atoms with Crippen LogP contribution in [0.3, 0.4) is 0 Å². The molecule has 0 radical (unpaired) electrons. The van der Waals surface area contributed by atoms with Crippen LogP contribution in [0.4, 0.5) is 25.0 Å². The van der Waals surface area contributed by atoms with Gasteiger partial charge in [0.2, 0.25) is 6.29 Å². The number of hydrogen-bond acceptors (Lipinski definition) is 17. The number of carbonyl (C=O) groups is 2. The number of benzene rings is 3. The Hall–Kier alpha value is -4.19. The van der Waals surface area contributed by atoms with E-state index in [1.165, 1.54) is 47.3 Å². The minimum atomic E-state index is -5.03. The molecule has 0 amide bonds. The van der Waals surface area contributed by atoms with Crippen molar-refractivity contribution in [2.24, 2.45) is 5.92 Å². The summed E-state index contributed by atoms with van der Waals surface area (Å²) in [7, 11) is -5.03. The van der Waals surface area contributed by atoms with Crippen LogP contribution in [0.2, 0.25) is 0 Å². The molecule has 5 aromatic rings. The largest absolute Gasteiger partial charge is 1.00 e. The topological polar surface area (TPSA) is 230 Å². The number of rotatable bonds is 22. The van der Waals surface area contributed by atoms with Gasteiger partial charge in [0.25, 0.3) is 0 Å². The Morgan fingerprint density at radius 1 is 0.873 bits per heavy atom. The molecule has 0 saturated carbocycles. The Balaban J connectivity index is 0.00000469. The molecule has 1 unspecified atom stereocenters. The first-order chi connectivity index (χ1) is 33.1. The van der Waals surface area contributed by atoms with Crippen molar-refractivity contribution >= 4 is 31.3 Å². The molecule has 0 aliphatic carbocycles. The van der Waals surface area contributed by atoms with E-state index in [-0.39, 0.29) is 96.6 Å². The summed E-state index contributed by atoms with van der Waals surface area (Å²) in [5, 5.41) is 8.51. The van der Waals surface area contributed by atoms with Crippen molar-refractivity contribution in [1.82, 2.24) is 29.1 Å². The van der Waals surface area contributed by atoms with E-state index >= 15 is 4.39 Å². The van der Waals surface area contributed by atoms with E-state index < -0.39 is 61.3 Å². The first-order valence-corrected chi connectivity index (χ1v) is 24.2. The van der Waals surface area contributed by atoms with Gasteiger partial charge in [-0.15, -0.1) is 0 Å². The third kappa shape index (κ3) is 15.9. The summed E-state index contributed by atoms with van der Waals surface area (Å²) in [4.78, 5) is 67.9. The van der Waals surface area contributed by atoms with Gasteiger partial charge < -0.3 is 52.4 Å². The molecule has 2 aromatic heterocycles. The number of hydrogen-bond donors (Lipinski definition) is 0. The maximum Gasteiger partial charge on any atom is 1.00 e. The maximum absolute atomic E-state index is 15.1. The zero-order chi connectivity index (χ0) is 49.1. The van der Waals surface area contributed by atoms with Crippen LogP contribution in [0.25, 0.3) is 5.69 Å². The van der Waals surface area contributed by atoms with Crippen LogP contribution >= 0.6 is 7.82 Å². The second kappa shape index (κ2) is 26.7. The quantitative estimate of drug-likeness (QED) is 0.0267. The molecule has 7 rings (SSSR count). The number of esters is 1. The number of halogens is 2. The standard InChI is InChI=1S/C46H57F2N8O12P.2Na/c1-4-42(32(2)66-45(59)68-33(3)67-43(57)8-6-5-7-23-65-69(60,61)62)56-44(58)55(31-51-56)38-12-10-36(11-13-38)52-19-21-53(22-20-52)37-14-16-39(17-15-37)63-26-34-25-46(64-27-34,28-54-30-49-29-50-54)40-18-9-35(47)24-41(40)48;;/h9-18,24,29-34,42H,4-8,19-23,25-28H2,1-3H3,(H2,60,61,62);;/q;2*+1/p-2/t32-,33?,34+,42-,46-;;/m0../s1. The Kier molecular flexibility index (Phi) is 21.7. The van der Waals surface area contributed by atoms with Crippen LogP contribution in [0, 0.1) is 17.6 Å². The van der Waals surface area contributed by atoms with Crippen LogP contribution in [0.1, 0.15) is 70.9 Å². The van der Waals surface area contributed by atoms with E-state index in [1.54, 1.807) is 11.6 Å². The molecule has 3 aromatic carbocycles. The van der Waals surface area contributed by atoms with Crippen molar-refractivity contribution in [3.8, 4) is 11.4 Å². The Bertz CT molecular complexity index is 2580. The smallest absolute Gasteiger partial charge is 0.790 e. The Morgan fingerprint density at radius 2 is 1.54 bits per heavy atom. The van der Waals surface area contributed by atoms with Gasteiger partial charge in [-0.2, -0.15) is 10.2 Å². The van der Waals surface area contributed by atoms with Crippen molar-refractivity contribution in [3.05, 3.63) is 113 Å². The van der Waals surface area contributed by atoms with Gasteiger partial charge in [-0.25, -0.2) is 37.3 Å². The van der Waals surface area contributed by atoms with Gasteiger partial charge in [-0.05, 0) is 87.2 Å². The molecule has 2 aliphatic heterocycles. The predicted octanol–water partition coefficient (Wildman–Crippen LogP) is -0.963. The zero-order valence-corrected chi connectivity index (χ0v) is 45.4. The van der Waals surface area contributed by atoms with E-state index in [0.29, 0.717) is 50.3 Å². The maximum atomic E-state index is 15.1. The molecular formula is C46H55F2N8Na2O12P. The van der Waals surface area contributed by atoms with Gasteiger partial charge >= 0.3 is 76.9 Å². The minimum absolute atomic E-state index is 0. The number of piperazine rings is 1. The fraction of sp³-hybridized carbons (Fsp3) is 0.478. The summed E-state index contributed by atoms with van der Waals surface area (Å²) in [5.74, 6) is -1.34. The van der Waals surface area contributed by atoms with Crippen LogP contribution in [-0.4, -0.2) is 99.6 Å². The fourth-order valence-electron chi connectivity index (χ4n) is 8.61. The monoisotopic (exact) mass is 1030 g/mol. The molecule has 372 valence electrons. The van der Waals surface area contributed by atoms with E-state index in [2.05, 4.69) is 29.5 Å². The summed E-state index contributed by atoms with van der Waals surface area (Å²) < 4.78 is 75.8. The van der Waals surface area contributed by atoms with Gasteiger partial charge in [0.1, 0.15) is 48.1 Å². The second-order valence-electron chi connectivity index (χ2n) is 16.9. The van der Waals surface area contributed by atoms with E-state index in [9.17, 15) is 33.1 Å². The van der Waals surface area contributed by atoms with Gasteiger partial charge in [0.05, 0.1) is 45.9 Å². The van der Waals surface area contributed by atoms with Crippen molar-refractivity contribution < 1.29 is 120 Å². The molecular weight excluding hydrogens is 971 g/mol. The third-order valence-corrected chi connectivity index (χ3v) is 12.6. The molecule has 0 N–H and O–H groups in total. The molecule has 2 saturated heterocycles. The van der Waals surface area contributed by atoms with E-state index in [0.717, 1.165) is 43.6 Å². The zero-order valence-electron chi connectivity index (χ0n) is 40.5. The molecule has 0 spiro atoms. The molecule has 0 bridgehead atoms. The minimum Gasteiger partial charge on any atom is -0.790 e. The van der Waals surface area contributed by atoms with Crippen LogP contribution < -0.4 is 89.1 Å². The summed E-state index contributed by atoms with van der Waals surface area (Å²) >= 11 is 0.